The Bertz CT molecular complexity index is 1330. The topological polar surface area (TPSA) is 186 Å². The molecule has 0 N–H and O–H groups in total. The summed E-state index contributed by atoms with van der Waals surface area (Å²) in [5, 5.41) is 18.8. The number of amides is 12. The molecule has 9 aliphatic rings. The Morgan fingerprint density at radius 3 is 0.885 bits per heavy atom. The average molecular weight is 1300 g/mol. The Balaban J connectivity index is -0.0000000732. The van der Waals surface area contributed by atoms with E-state index in [9.17, 15) is 28.8 Å². The molecular weight excluding hydrogens is 1190 g/mol. The number of carbonyl (C=O) groups is 6. The molecule has 3 atom stereocenters. The Kier molecular flexibility index (Phi) is 100. The van der Waals surface area contributed by atoms with Gasteiger partial charge in [-0.15, -0.1) is 45.4 Å². The second kappa shape index (κ2) is 77.2. The standard InChI is InChI=1S/C10H14N3O2.C8H10N3O2.C7H12.3C5H10.C4H5N3O2.3C2H6.3C2H4.3CH3.3Fe.Y/c14-9-11-12-10(15)13(9)7-3-6-8-4-1-2-5-8;12-7-9-10-8(13)11(7)5-6-3-1-2-4-6;1-2-7-5-3-4-6-7;3*1-2-4-5-3-1;1-2-7-3(8)5-6-4(7)9;6*1-2;;;;;;;/h4,8H,1-3,5-7H2;3,6H,1-2,4-5H2;5,7H,1-4,6H2;3*1-5H2;2H2,1H3;3*1-2H3;3*1-2H2;3*1H3;;;;/q2*-1;-2;;;;;;;;;;;3*-1;3*+2;. The van der Waals surface area contributed by atoms with Gasteiger partial charge in [-0.25, -0.2) is 49.9 Å². The Morgan fingerprint density at radius 2 is 0.667 bits per heavy atom. The van der Waals surface area contributed by atoms with Gasteiger partial charge in [-0.2, -0.15) is 31.1 Å². The maximum atomic E-state index is 11.0. The van der Waals surface area contributed by atoms with Crippen molar-refractivity contribution in [1.29, 1.82) is 0 Å². The second-order valence-electron chi connectivity index (χ2n) is 16.3. The first kappa shape index (κ1) is 101. The summed E-state index contributed by atoms with van der Waals surface area (Å²) in [4.78, 5) is 68.2. The van der Waals surface area contributed by atoms with Crippen molar-refractivity contribution in [1.82, 2.24) is 14.7 Å². The van der Waals surface area contributed by atoms with Gasteiger partial charge in [0.05, 0.1) is 0 Å². The van der Waals surface area contributed by atoms with Crippen molar-refractivity contribution in [2.45, 2.75) is 222 Å². The van der Waals surface area contributed by atoms with Gasteiger partial charge in [-0.05, 0) is 13.3 Å². The molecule has 455 valence electrons. The Morgan fingerprint density at radius 1 is 0.423 bits per heavy atom. The van der Waals surface area contributed by atoms with Crippen LogP contribution in [-0.4, -0.2) is 70.5 Å². The molecule has 78 heavy (non-hydrogen) atoms. The molecule has 0 aromatic heterocycles. The third-order valence-corrected chi connectivity index (χ3v) is 11.7. The molecule has 6 saturated carbocycles. The number of nitrogens with zero attached hydrogens (tertiary/aromatic N) is 9. The van der Waals surface area contributed by atoms with Crippen LogP contribution in [0.25, 0.3) is 0 Å². The summed E-state index contributed by atoms with van der Waals surface area (Å²) in [5.41, 5.74) is 0. The predicted octanol–water partition coefficient (Wildman–Crippen LogP) is 20.7. The van der Waals surface area contributed by atoms with Crippen molar-refractivity contribution in [2.75, 3.05) is 19.6 Å². The molecule has 6 aliphatic carbocycles. The summed E-state index contributed by atoms with van der Waals surface area (Å²) < 4.78 is 0. The van der Waals surface area contributed by atoms with Crippen LogP contribution in [0.15, 0.2) is 70.2 Å². The van der Waals surface area contributed by atoms with Crippen LogP contribution < -0.4 is 0 Å². The summed E-state index contributed by atoms with van der Waals surface area (Å²) in [6, 6.07) is -3.22. The number of hydrogen-bond acceptors (Lipinski definition) is 6. The number of azo groups is 3. The van der Waals surface area contributed by atoms with Gasteiger partial charge in [0.25, 0.3) is 0 Å². The smallest absolute Gasteiger partial charge is 0.358 e. The second-order valence-corrected chi connectivity index (χ2v) is 16.3. The average Bonchev–Trinajstić information content (AvgIpc) is 4.28. The van der Waals surface area contributed by atoms with Crippen LogP contribution in [0.1, 0.15) is 222 Å². The van der Waals surface area contributed by atoms with Crippen LogP contribution in [0.5, 0.6) is 0 Å². The fourth-order valence-corrected chi connectivity index (χ4v) is 8.09. The van der Waals surface area contributed by atoms with E-state index in [2.05, 4.69) is 96.3 Å². The van der Waals surface area contributed by atoms with Crippen molar-refractivity contribution in [2.24, 2.45) is 48.4 Å². The van der Waals surface area contributed by atoms with E-state index in [1.165, 1.54) is 135 Å². The third kappa shape index (κ3) is 52.2. The molecule has 3 aliphatic heterocycles. The van der Waals surface area contributed by atoms with Gasteiger partial charge >= 0.3 is 87.4 Å². The largest absolute Gasteiger partial charge is 2.00 e. The number of carbonyl (C=O) groups excluding carboxylic acids is 6. The van der Waals surface area contributed by atoms with Crippen LogP contribution in [0.4, 0.5) is 28.8 Å². The van der Waals surface area contributed by atoms with Gasteiger partial charge in [-0.1, -0.05) is 213 Å². The molecule has 12 amide bonds. The first-order chi connectivity index (χ1) is 34.7. The number of imide groups is 3. The van der Waals surface area contributed by atoms with E-state index in [4.69, 9.17) is 0 Å². The van der Waals surface area contributed by atoms with E-state index in [1.807, 2.05) is 41.5 Å². The minimum Gasteiger partial charge on any atom is -0.358 e. The minimum atomic E-state index is -0.567. The molecule has 0 spiro atoms. The fraction of sp³-hybridized carbons (Fsp3) is 0.678. The first-order valence-corrected chi connectivity index (χ1v) is 27.3. The van der Waals surface area contributed by atoms with Crippen LogP contribution in [-0.2, 0) is 83.9 Å². The molecule has 0 aromatic rings. The molecule has 15 nitrogen and oxygen atoms in total. The number of rotatable bonds is 8. The molecule has 1 radical (unpaired) electrons. The molecular formula is C59H110Fe3N9O6Y-. The minimum absolute atomic E-state index is 0. The number of hydrogen-bond donors (Lipinski definition) is 0. The Labute approximate surface area is 537 Å². The normalized spacial score (nSPS) is 19.4. The van der Waals surface area contributed by atoms with E-state index >= 15 is 0 Å². The van der Waals surface area contributed by atoms with Gasteiger partial charge in [0.2, 0.25) is 0 Å². The van der Waals surface area contributed by atoms with Gasteiger partial charge in [0.15, 0.2) is 0 Å². The molecule has 0 saturated heterocycles. The first-order valence-electron chi connectivity index (χ1n) is 27.3. The van der Waals surface area contributed by atoms with Crippen LogP contribution >= 0.6 is 0 Å². The van der Waals surface area contributed by atoms with Crippen LogP contribution in [0.3, 0.4) is 0 Å². The maximum absolute atomic E-state index is 11.0. The maximum Gasteiger partial charge on any atom is 2.00 e. The summed E-state index contributed by atoms with van der Waals surface area (Å²) in [6.45, 7) is 36.8. The Hall–Kier alpha value is -1.90. The van der Waals surface area contributed by atoms with Gasteiger partial charge in [0.1, 0.15) is 0 Å². The van der Waals surface area contributed by atoms with Crippen LogP contribution in [0, 0.1) is 66.2 Å². The molecule has 3 unspecified atom stereocenters. The zero-order valence-corrected chi connectivity index (χ0v) is 56.9. The van der Waals surface area contributed by atoms with E-state index in [1.54, 1.807) is 6.92 Å². The summed E-state index contributed by atoms with van der Waals surface area (Å²) in [6.07, 6.45) is 43.5. The monoisotopic (exact) mass is 1300 g/mol. The van der Waals surface area contributed by atoms with E-state index in [0.717, 1.165) is 59.1 Å². The molecule has 3 heterocycles. The van der Waals surface area contributed by atoms with Crippen molar-refractivity contribution in [3.63, 3.8) is 0 Å². The van der Waals surface area contributed by atoms with Crippen LogP contribution in [0.2, 0.25) is 0 Å². The van der Waals surface area contributed by atoms with Crippen molar-refractivity contribution in [3.8, 4) is 0 Å². The summed E-state index contributed by atoms with van der Waals surface area (Å²) in [5.74, 6) is 1.88. The molecule has 0 bridgehead atoms. The third-order valence-electron chi connectivity index (χ3n) is 11.7. The van der Waals surface area contributed by atoms with Gasteiger partial charge < -0.3 is 48.5 Å². The van der Waals surface area contributed by atoms with Gasteiger partial charge in [0, 0.05) is 52.3 Å². The van der Waals surface area contributed by atoms with Crippen molar-refractivity contribution >= 4 is 36.2 Å². The van der Waals surface area contributed by atoms with E-state index < -0.39 is 36.2 Å². The predicted molar refractivity (Wildman–Crippen MR) is 313 cm³/mol. The number of urea groups is 6. The van der Waals surface area contributed by atoms with Gasteiger partial charge in [-0.3, -0.25) is 0 Å². The zero-order chi connectivity index (χ0) is 54.5. The van der Waals surface area contributed by atoms with Crippen molar-refractivity contribution in [3.05, 3.63) is 87.9 Å². The zero-order valence-electron chi connectivity index (χ0n) is 50.7. The molecule has 19 heteroatoms. The van der Waals surface area contributed by atoms with E-state index in [0.29, 0.717) is 31.5 Å². The molecule has 6 fully saturated rings. The molecule has 9 rings (SSSR count). The molecule has 0 aromatic carbocycles. The summed E-state index contributed by atoms with van der Waals surface area (Å²) in [7, 11) is 0. The van der Waals surface area contributed by atoms with Crippen molar-refractivity contribution < 1.29 is 113 Å². The fourth-order valence-electron chi connectivity index (χ4n) is 8.09. The van der Waals surface area contributed by atoms with E-state index in [-0.39, 0.29) is 106 Å². The summed E-state index contributed by atoms with van der Waals surface area (Å²) >= 11 is 0. The quantitative estimate of drug-likeness (QED) is 0.132. The SMILES string of the molecule is C1CCCC1.C1CCCC1.C1CCCC1.C=C.C=C.C=C.CC.CC.CC.CCN1C(=O)N=NC1=O.O=C1N=NC(=O)N1CC1[CH-]CCC1.O=C1N=NC(=O)N1CCCC1[CH-]CCC1.[CH2-]CC1[CH-]CCC1.[CH3-].[CH3-].[CH3-].[Fe+2].[Fe+2].[Fe+2].[Y].